The number of pyridine rings is 1. The number of carbonyl (C=O) groups excluding carboxylic acids is 1. The number of ether oxygens (including phenoxy) is 1. The van der Waals surface area contributed by atoms with Gasteiger partial charge in [0.1, 0.15) is 17.2 Å². The zero-order valence-electron chi connectivity index (χ0n) is 16.8. The molecule has 0 unspecified atom stereocenters. The Labute approximate surface area is 178 Å². The van der Waals surface area contributed by atoms with Crippen molar-refractivity contribution in [1.29, 1.82) is 0 Å². The van der Waals surface area contributed by atoms with Crippen molar-refractivity contribution in [3.05, 3.63) is 52.8 Å². The van der Waals surface area contributed by atoms with Gasteiger partial charge in [0.25, 0.3) is 5.91 Å². The van der Waals surface area contributed by atoms with Crippen molar-refractivity contribution in [2.24, 2.45) is 0 Å². The highest BCUT2D eigenvalue weighted by Crippen LogP contribution is 2.42. The minimum absolute atomic E-state index is 0.0534. The van der Waals surface area contributed by atoms with Crippen LogP contribution in [-0.4, -0.2) is 39.7 Å². The SMILES string of the molecule is CC1(C)Cc2nc(N3CCOc4ccc(-c5ccc(CO)nc5)cc43)sc2C(=O)N1. The smallest absolute Gasteiger partial charge is 0.263 e. The third kappa shape index (κ3) is 3.32. The lowest BCUT2D eigenvalue weighted by atomic mass is 9.94. The Morgan fingerprint density at radius 3 is 2.87 bits per heavy atom. The zero-order valence-corrected chi connectivity index (χ0v) is 17.6. The fourth-order valence-electron chi connectivity index (χ4n) is 3.86. The summed E-state index contributed by atoms with van der Waals surface area (Å²) in [4.78, 5) is 24.5. The molecule has 2 aromatic heterocycles. The Hall–Kier alpha value is -2.97. The van der Waals surface area contributed by atoms with Crippen molar-refractivity contribution in [3.8, 4) is 16.9 Å². The number of amides is 1. The van der Waals surface area contributed by atoms with Crippen LogP contribution in [0.5, 0.6) is 5.75 Å². The van der Waals surface area contributed by atoms with Crippen molar-refractivity contribution >= 4 is 28.1 Å². The van der Waals surface area contributed by atoms with E-state index < -0.39 is 0 Å². The second kappa shape index (κ2) is 7.07. The second-order valence-electron chi connectivity index (χ2n) is 8.17. The largest absolute Gasteiger partial charge is 0.490 e. The van der Waals surface area contributed by atoms with Gasteiger partial charge in [0.2, 0.25) is 0 Å². The maximum atomic E-state index is 12.5. The van der Waals surface area contributed by atoms with E-state index in [1.807, 2.05) is 38.1 Å². The first-order chi connectivity index (χ1) is 14.4. The molecule has 3 aromatic rings. The van der Waals surface area contributed by atoms with Gasteiger partial charge in [-0.2, -0.15) is 0 Å². The summed E-state index contributed by atoms with van der Waals surface area (Å²) < 4.78 is 5.87. The minimum atomic E-state index is -0.292. The van der Waals surface area contributed by atoms with E-state index in [2.05, 4.69) is 21.3 Å². The van der Waals surface area contributed by atoms with Crippen molar-refractivity contribution in [2.75, 3.05) is 18.1 Å². The number of aliphatic hydroxyl groups excluding tert-OH is 1. The molecule has 2 aliphatic rings. The molecule has 5 rings (SSSR count). The van der Waals surface area contributed by atoms with E-state index >= 15 is 0 Å². The highest BCUT2D eigenvalue weighted by Gasteiger charge is 2.34. The van der Waals surface area contributed by atoms with Gasteiger partial charge in [-0.15, -0.1) is 0 Å². The molecule has 0 radical (unpaired) electrons. The molecule has 2 N–H and O–H groups in total. The van der Waals surface area contributed by atoms with Gasteiger partial charge in [0, 0.05) is 23.7 Å². The van der Waals surface area contributed by atoms with E-state index in [9.17, 15) is 9.90 Å². The minimum Gasteiger partial charge on any atom is -0.490 e. The quantitative estimate of drug-likeness (QED) is 0.674. The van der Waals surface area contributed by atoms with Gasteiger partial charge >= 0.3 is 0 Å². The average Bonchev–Trinajstić information content (AvgIpc) is 3.16. The number of carbonyl (C=O) groups is 1. The molecule has 0 fully saturated rings. The Kier molecular flexibility index (Phi) is 4.48. The van der Waals surface area contributed by atoms with Crippen molar-refractivity contribution in [3.63, 3.8) is 0 Å². The predicted octanol–water partition coefficient (Wildman–Crippen LogP) is 3.29. The normalized spacial score (nSPS) is 17.0. The number of anilines is 2. The molecular weight excluding hydrogens is 400 g/mol. The Morgan fingerprint density at radius 1 is 1.27 bits per heavy atom. The summed E-state index contributed by atoms with van der Waals surface area (Å²) in [5.74, 6) is 0.741. The number of aliphatic hydroxyl groups is 1. The highest BCUT2D eigenvalue weighted by molar-refractivity contribution is 7.17. The topological polar surface area (TPSA) is 87.6 Å². The molecule has 2 aliphatic heterocycles. The summed E-state index contributed by atoms with van der Waals surface area (Å²) in [5, 5.41) is 13.1. The number of thiazole rings is 1. The molecule has 0 aliphatic carbocycles. The summed E-state index contributed by atoms with van der Waals surface area (Å²) >= 11 is 1.43. The fraction of sp³-hybridized carbons (Fsp3) is 0.318. The van der Waals surface area contributed by atoms with Gasteiger partial charge < -0.3 is 20.1 Å². The number of hydrogen-bond donors (Lipinski definition) is 2. The van der Waals surface area contributed by atoms with Crippen LogP contribution in [0.25, 0.3) is 11.1 Å². The number of hydrogen-bond acceptors (Lipinski definition) is 7. The van der Waals surface area contributed by atoms with Gasteiger partial charge in [-0.1, -0.05) is 23.5 Å². The van der Waals surface area contributed by atoms with Gasteiger partial charge in [-0.05, 0) is 37.6 Å². The molecule has 8 heteroatoms. The van der Waals surface area contributed by atoms with E-state index in [-0.39, 0.29) is 18.1 Å². The standard InChI is InChI=1S/C22H22N4O3S/c1-22(2)10-16-19(20(28)25-22)30-21(24-16)26-7-8-29-18-6-4-13(9-17(18)26)14-3-5-15(12-27)23-11-14/h3-6,9,11,27H,7-8,10,12H2,1-2H3,(H,25,28). The van der Waals surface area contributed by atoms with Crippen LogP contribution < -0.4 is 15.0 Å². The molecule has 0 saturated carbocycles. The van der Waals surface area contributed by atoms with Crippen LogP contribution in [0.4, 0.5) is 10.8 Å². The molecule has 4 heterocycles. The highest BCUT2D eigenvalue weighted by atomic mass is 32.1. The van der Waals surface area contributed by atoms with E-state index in [1.54, 1.807) is 6.20 Å². The van der Waals surface area contributed by atoms with Gasteiger partial charge in [-0.25, -0.2) is 4.98 Å². The van der Waals surface area contributed by atoms with Crippen LogP contribution in [0.3, 0.4) is 0 Å². The summed E-state index contributed by atoms with van der Waals surface area (Å²) in [6.07, 6.45) is 2.47. The Morgan fingerprint density at radius 2 is 2.10 bits per heavy atom. The van der Waals surface area contributed by atoms with Crippen LogP contribution in [0, 0.1) is 0 Å². The van der Waals surface area contributed by atoms with Crippen LogP contribution >= 0.6 is 11.3 Å². The molecule has 154 valence electrons. The Balaban J connectivity index is 1.53. The predicted molar refractivity (Wildman–Crippen MR) is 115 cm³/mol. The molecule has 0 bridgehead atoms. The van der Waals surface area contributed by atoms with Crippen LogP contribution in [0.15, 0.2) is 36.5 Å². The molecular formula is C22H22N4O3S. The first-order valence-electron chi connectivity index (χ1n) is 9.86. The van der Waals surface area contributed by atoms with E-state index in [0.29, 0.717) is 30.1 Å². The number of benzene rings is 1. The monoisotopic (exact) mass is 422 g/mol. The van der Waals surface area contributed by atoms with E-state index in [0.717, 1.165) is 33.4 Å². The number of aromatic nitrogens is 2. The molecule has 30 heavy (non-hydrogen) atoms. The molecule has 7 nitrogen and oxygen atoms in total. The average molecular weight is 423 g/mol. The maximum Gasteiger partial charge on any atom is 0.263 e. The van der Waals surface area contributed by atoms with Crippen molar-refractivity contribution in [1.82, 2.24) is 15.3 Å². The molecule has 1 aromatic carbocycles. The number of nitrogens with zero attached hydrogens (tertiary/aromatic N) is 3. The van der Waals surface area contributed by atoms with Crippen molar-refractivity contribution in [2.45, 2.75) is 32.4 Å². The van der Waals surface area contributed by atoms with E-state index in [4.69, 9.17) is 9.72 Å². The number of nitrogens with one attached hydrogen (secondary N) is 1. The molecule has 0 atom stereocenters. The maximum absolute atomic E-state index is 12.5. The van der Waals surface area contributed by atoms with Gasteiger partial charge in [0.05, 0.1) is 30.2 Å². The molecule has 1 amide bonds. The third-order valence-electron chi connectivity index (χ3n) is 5.33. The van der Waals surface area contributed by atoms with Crippen LogP contribution in [0.2, 0.25) is 0 Å². The van der Waals surface area contributed by atoms with E-state index in [1.165, 1.54) is 11.3 Å². The number of fused-ring (bicyclic) bond motifs is 2. The zero-order chi connectivity index (χ0) is 20.9. The Bertz CT molecular complexity index is 1120. The van der Waals surface area contributed by atoms with Crippen molar-refractivity contribution < 1.29 is 14.6 Å². The first kappa shape index (κ1) is 19.0. The van der Waals surface area contributed by atoms with Crippen LogP contribution in [-0.2, 0) is 13.0 Å². The number of rotatable bonds is 3. The lowest BCUT2D eigenvalue weighted by Gasteiger charge is -2.30. The summed E-state index contributed by atoms with van der Waals surface area (Å²) in [6.45, 7) is 5.17. The summed E-state index contributed by atoms with van der Waals surface area (Å²) in [5.41, 5.74) is 4.09. The van der Waals surface area contributed by atoms with Crippen LogP contribution in [0.1, 0.15) is 34.9 Å². The fourth-order valence-corrected chi connectivity index (χ4v) is 4.88. The van der Waals surface area contributed by atoms with Gasteiger partial charge in [0.15, 0.2) is 5.13 Å². The lowest BCUT2D eigenvalue weighted by Crippen LogP contribution is -2.48. The molecule has 0 spiro atoms. The molecule has 0 saturated heterocycles. The third-order valence-corrected chi connectivity index (χ3v) is 6.45. The van der Waals surface area contributed by atoms with Gasteiger partial charge in [-0.3, -0.25) is 9.78 Å². The summed E-state index contributed by atoms with van der Waals surface area (Å²) in [7, 11) is 0. The lowest BCUT2D eigenvalue weighted by molar-refractivity contribution is 0.0901. The second-order valence-corrected chi connectivity index (χ2v) is 9.14. The first-order valence-corrected chi connectivity index (χ1v) is 10.7. The summed E-state index contributed by atoms with van der Waals surface area (Å²) in [6, 6.07) is 9.79.